The summed E-state index contributed by atoms with van der Waals surface area (Å²) in [6.07, 6.45) is 0. The van der Waals surface area contributed by atoms with Crippen molar-refractivity contribution in [2.75, 3.05) is 19.8 Å². The van der Waals surface area contributed by atoms with Gasteiger partial charge in [-0.15, -0.1) is 0 Å². The van der Waals surface area contributed by atoms with E-state index in [1.807, 2.05) is 32.9 Å². The second-order valence-corrected chi connectivity index (χ2v) is 5.03. The van der Waals surface area contributed by atoms with Crippen molar-refractivity contribution in [3.8, 4) is 0 Å². The van der Waals surface area contributed by atoms with Crippen LogP contribution in [0.2, 0.25) is 0 Å². The number of ether oxygens (including phenoxy) is 1. The Balaban J connectivity index is 2.44. The summed E-state index contributed by atoms with van der Waals surface area (Å²) in [5, 5.41) is 9.40. The molecule has 3 heteroatoms. The second kappa shape index (κ2) is 4.24. The Morgan fingerprint density at radius 3 is 2.18 bits per heavy atom. The van der Waals surface area contributed by atoms with E-state index in [1.54, 1.807) is 0 Å². The fraction of sp³-hybridized carbons (Fsp3) is 0.500. The summed E-state index contributed by atoms with van der Waals surface area (Å²) in [7, 11) is 0. The standard InChI is InChI=1S/C14H18O3/c1-9-4-10(2)12(11(3)5-9)13(16)14(6-15)7-17-8-14/h4-5,15H,6-8H2,1-3H3. The third-order valence-corrected chi connectivity index (χ3v) is 3.45. The van der Waals surface area contributed by atoms with E-state index in [9.17, 15) is 9.90 Å². The Bertz CT molecular complexity index is 430. The summed E-state index contributed by atoms with van der Waals surface area (Å²) in [6, 6.07) is 4.01. The van der Waals surface area contributed by atoms with Gasteiger partial charge in [0.1, 0.15) is 5.41 Å². The van der Waals surface area contributed by atoms with Gasteiger partial charge in [-0.05, 0) is 31.9 Å². The van der Waals surface area contributed by atoms with Gasteiger partial charge >= 0.3 is 0 Å². The van der Waals surface area contributed by atoms with Crippen LogP contribution >= 0.6 is 0 Å². The zero-order chi connectivity index (χ0) is 12.6. The van der Waals surface area contributed by atoms with Gasteiger partial charge in [0.2, 0.25) is 0 Å². The lowest BCUT2D eigenvalue weighted by Gasteiger charge is -2.38. The molecule has 1 saturated heterocycles. The van der Waals surface area contributed by atoms with Crippen molar-refractivity contribution < 1.29 is 14.6 Å². The molecule has 0 unspecified atom stereocenters. The summed E-state index contributed by atoms with van der Waals surface area (Å²) >= 11 is 0. The fourth-order valence-corrected chi connectivity index (χ4v) is 2.45. The van der Waals surface area contributed by atoms with Crippen LogP contribution < -0.4 is 0 Å². The van der Waals surface area contributed by atoms with Gasteiger partial charge in [-0.1, -0.05) is 17.7 Å². The van der Waals surface area contributed by atoms with Crippen LogP contribution in [0, 0.1) is 26.2 Å². The van der Waals surface area contributed by atoms with Crippen LogP contribution in [0.15, 0.2) is 12.1 Å². The fourth-order valence-electron chi connectivity index (χ4n) is 2.45. The molecule has 1 fully saturated rings. The van der Waals surface area contributed by atoms with E-state index in [0.717, 1.165) is 22.3 Å². The number of ketones is 1. The highest BCUT2D eigenvalue weighted by Gasteiger charge is 2.46. The maximum atomic E-state index is 12.5. The molecule has 3 nitrogen and oxygen atoms in total. The first-order valence-corrected chi connectivity index (χ1v) is 5.81. The molecule has 1 aromatic rings. The van der Waals surface area contributed by atoms with E-state index >= 15 is 0 Å². The molecule has 0 bridgehead atoms. The molecular formula is C14H18O3. The van der Waals surface area contributed by atoms with Crippen molar-refractivity contribution in [1.82, 2.24) is 0 Å². The maximum Gasteiger partial charge on any atom is 0.176 e. The van der Waals surface area contributed by atoms with Gasteiger partial charge < -0.3 is 9.84 Å². The Morgan fingerprint density at radius 2 is 1.82 bits per heavy atom. The highest BCUT2D eigenvalue weighted by Crippen LogP contribution is 2.33. The van der Waals surface area contributed by atoms with Gasteiger partial charge in [-0.2, -0.15) is 0 Å². The molecule has 1 heterocycles. The van der Waals surface area contributed by atoms with Gasteiger partial charge in [0, 0.05) is 5.56 Å². The predicted octanol–water partition coefficient (Wildman–Crippen LogP) is 1.80. The minimum atomic E-state index is -0.704. The quantitative estimate of drug-likeness (QED) is 0.811. The molecule has 0 amide bonds. The molecule has 0 aromatic heterocycles. The number of Topliss-reactive ketones (excluding diaryl/α,β-unsaturated/α-hetero) is 1. The first kappa shape index (κ1) is 12.3. The molecular weight excluding hydrogens is 216 g/mol. The van der Waals surface area contributed by atoms with Crippen LogP contribution in [-0.4, -0.2) is 30.7 Å². The summed E-state index contributed by atoms with van der Waals surface area (Å²) in [6.45, 7) is 6.42. The zero-order valence-corrected chi connectivity index (χ0v) is 10.5. The molecule has 1 aliphatic rings. The minimum Gasteiger partial charge on any atom is -0.395 e. The topological polar surface area (TPSA) is 46.5 Å². The van der Waals surface area contributed by atoms with Crippen LogP contribution in [0.25, 0.3) is 0 Å². The van der Waals surface area contributed by atoms with Crippen LogP contribution in [0.3, 0.4) is 0 Å². The number of aryl methyl sites for hydroxylation is 3. The number of benzene rings is 1. The van der Waals surface area contributed by atoms with Gasteiger partial charge in [-0.25, -0.2) is 0 Å². The third kappa shape index (κ3) is 1.90. The Kier molecular flexibility index (Phi) is 3.06. The first-order valence-electron chi connectivity index (χ1n) is 5.81. The lowest BCUT2D eigenvalue weighted by molar-refractivity contribution is -0.109. The van der Waals surface area contributed by atoms with Crippen molar-refractivity contribution in [2.24, 2.45) is 5.41 Å². The first-order chi connectivity index (χ1) is 8.00. The smallest absolute Gasteiger partial charge is 0.176 e. The summed E-state index contributed by atoms with van der Waals surface area (Å²) in [5.41, 5.74) is 3.15. The van der Waals surface area contributed by atoms with E-state index in [0.29, 0.717) is 13.2 Å². The molecule has 0 saturated carbocycles. The van der Waals surface area contributed by atoms with Crippen molar-refractivity contribution in [1.29, 1.82) is 0 Å². The Labute approximate surface area is 101 Å². The maximum absolute atomic E-state index is 12.5. The zero-order valence-electron chi connectivity index (χ0n) is 10.5. The molecule has 1 aromatic carbocycles. The van der Waals surface area contributed by atoms with E-state index in [-0.39, 0.29) is 12.4 Å². The van der Waals surface area contributed by atoms with Crippen molar-refractivity contribution in [3.63, 3.8) is 0 Å². The largest absolute Gasteiger partial charge is 0.395 e. The molecule has 1 aliphatic heterocycles. The van der Waals surface area contributed by atoms with Crippen LogP contribution in [0.4, 0.5) is 0 Å². The van der Waals surface area contributed by atoms with E-state index in [1.165, 1.54) is 0 Å². The monoisotopic (exact) mass is 234 g/mol. The summed E-state index contributed by atoms with van der Waals surface area (Å²) in [5.74, 6) is 0.0150. The molecule has 0 atom stereocenters. The van der Waals surface area contributed by atoms with Crippen molar-refractivity contribution in [3.05, 3.63) is 34.4 Å². The van der Waals surface area contributed by atoms with E-state index in [4.69, 9.17) is 4.74 Å². The second-order valence-electron chi connectivity index (χ2n) is 5.03. The van der Waals surface area contributed by atoms with E-state index < -0.39 is 5.41 Å². The number of rotatable bonds is 3. The molecule has 0 radical (unpaired) electrons. The van der Waals surface area contributed by atoms with Gasteiger partial charge in [-0.3, -0.25) is 4.79 Å². The lowest BCUT2D eigenvalue weighted by Crippen LogP contribution is -2.52. The summed E-state index contributed by atoms with van der Waals surface area (Å²) in [4.78, 5) is 12.5. The average molecular weight is 234 g/mol. The highest BCUT2D eigenvalue weighted by molar-refractivity contribution is 6.03. The molecule has 2 rings (SSSR count). The number of aliphatic hydroxyl groups excluding tert-OH is 1. The number of carbonyl (C=O) groups is 1. The van der Waals surface area contributed by atoms with Crippen molar-refractivity contribution >= 4 is 5.78 Å². The Morgan fingerprint density at radius 1 is 1.29 bits per heavy atom. The molecule has 0 aliphatic carbocycles. The molecule has 92 valence electrons. The lowest BCUT2D eigenvalue weighted by atomic mass is 9.77. The highest BCUT2D eigenvalue weighted by atomic mass is 16.5. The van der Waals surface area contributed by atoms with Crippen LogP contribution in [-0.2, 0) is 4.74 Å². The third-order valence-electron chi connectivity index (χ3n) is 3.45. The van der Waals surface area contributed by atoms with Crippen molar-refractivity contribution in [2.45, 2.75) is 20.8 Å². The van der Waals surface area contributed by atoms with Gasteiger partial charge in [0.25, 0.3) is 0 Å². The molecule has 17 heavy (non-hydrogen) atoms. The number of aliphatic hydroxyl groups is 1. The van der Waals surface area contributed by atoms with Crippen LogP contribution in [0.5, 0.6) is 0 Å². The number of hydrogen-bond acceptors (Lipinski definition) is 3. The van der Waals surface area contributed by atoms with Gasteiger partial charge in [0.05, 0.1) is 19.8 Å². The van der Waals surface area contributed by atoms with Crippen LogP contribution in [0.1, 0.15) is 27.0 Å². The number of carbonyl (C=O) groups excluding carboxylic acids is 1. The minimum absolute atomic E-state index is 0.0150. The SMILES string of the molecule is Cc1cc(C)c(C(=O)C2(CO)COC2)c(C)c1. The predicted molar refractivity (Wildman–Crippen MR) is 65.3 cm³/mol. The summed E-state index contributed by atoms with van der Waals surface area (Å²) < 4.78 is 5.09. The van der Waals surface area contributed by atoms with Gasteiger partial charge in [0.15, 0.2) is 5.78 Å². The Hall–Kier alpha value is -1.19. The molecule has 0 spiro atoms. The van der Waals surface area contributed by atoms with E-state index in [2.05, 4.69) is 0 Å². The average Bonchev–Trinajstić information content (AvgIpc) is 2.14. The normalized spacial score (nSPS) is 17.6. The number of hydrogen-bond donors (Lipinski definition) is 1. The molecule has 1 N–H and O–H groups in total.